The summed E-state index contributed by atoms with van der Waals surface area (Å²) in [5.41, 5.74) is 5.08. The Morgan fingerprint density at radius 3 is 2.17 bits per heavy atom. The molecule has 1 saturated heterocycles. The van der Waals surface area contributed by atoms with Gasteiger partial charge in [-0.25, -0.2) is 5.14 Å². The molecule has 1 heterocycles. The zero-order valence-corrected chi connectivity index (χ0v) is 10.6. The van der Waals surface area contributed by atoms with E-state index in [1.165, 1.54) is 4.90 Å². The summed E-state index contributed by atoms with van der Waals surface area (Å²) in [4.78, 5) is 24.0. The molecule has 1 fully saturated rings. The van der Waals surface area contributed by atoms with Gasteiger partial charge in [0, 0.05) is 26.2 Å². The van der Waals surface area contributed by atoms with Crippen LogP contribution < -0.4 is 16.2 Å². The Kier molecular flexibility index (Phi) is 5.02. The van der Waals surface area contributed by atoms with Crippen LogP contribution in [0.25, 0.3) is 0 Å². The van der Waals surface area contributed by atoms with Gasteiger partial charge in [-0.3, -0.25) is 9.59 Å². The van der Waals surface area contributed by atoms with E-state index in [2.05, 4.69) is 5.32 Å². The molecule has 1 aliphatic rings. The van der Waals surface area contributed by atoms with E-state index in [0.717, 1.165) is 4.31 Å². The smallest absolute Gasteiger partial charge is 0.277 e. The van der Waals surface area contributed by atoms with Crippen LogP contribution in [0.1, 0.15) is 0 Å². The lowest BCUT2D eigenvalue weighted by molar-refractivity contribution is -0.133. The number of nitrogens with two attached hydrogens (primary N) is 2. The predicted molar refractivity (Wildman–Crippen MR) is 63.3 cm³/mol. The fourth-order valence-corrected chi connectivity index (χ4v) is 2.22. The predicted octanol–water partition coefficient (Wildman–Crippen LogP) is -3.59. The Labute approximate surface area is 105 Å². The molecule has 0 aromatic carbocycles. The van der Waals surface area contributed by atoms with Gasteiger partial charge in [-0.1, -0.05) is 0 Å². The van der Waals surface area contributed by atoms with E-state index in [1.807, 2.05) is 0 Å². The molecule has 18 heavy (non-hydrogen) atoms. The van der Waals surface area contributed by atoms with Gasteiger partial charge in [-0.2, -0.15) is 12.7 Å². The first kappa shape index (κ1) is 14.8. The second-order valence-corrected chi connectivity index (χ2v) is 5.35. The minimum absolute atomic E-state index is 0.134. The fraction of sp³-hybridized carbons (Fsp3) is 0.750. The zero-order valence-electron chi connectivity index (χ0n) is 9.83. The molecule has 0 saturated carbocycles. The van der Waals surface area contributed by atoms with Gasteiger partial charge in [-0.05, 0) is 0 Å². The Balaban J connectivity index is 2.39. The van der Waals surface area contributed by atoms with Crippen molar-refractivity contribution < 1.29 is 18.0 Å². The van der Waals surface area contributed by atoms with E-state index in [4.69, 9.17) is 10.9 Å². The number of hydrogen-bond acceptors (Lipinski definition) is 5. The van der Waals surface area contributed by atoms with Crippen molar-refractivity contribution in [2.24, 2.45) is 10.9 Å². The lowest BCUT2D eigenvalue weighted by atomic mass is 10.3. The summed E-state index contributed by atoms with van der Waals surface area (Å²) >= 11 is 0. The van der Waals surface area contributed by atoms with Crippen molar-refractivity contribution in [1.29, 1.82) is 0 Å². The molecule has 0 spiro atoms. The first-order valence-electron chi connectivity index (χ1n) is 5.37. The Bertz CT molecular complexity index is 415. The van der Waals surface area contributed by atoms with Gasteiger partial charge in [-0.15, -0.1) is 0 Å². The maximum Gasteiger partial charge on any atom is 0.277 e. The van der Waals surface area contributed by atoms with Crippen LogP contribution in [0.15, 0.2) is 0 Å². The second-order valence-electron chi connectivity index (χ2n) is 3.81. The summed E-state index contributed by atoms with van der Waals surface area (Å²) in [5.74, 6) is -0.683. The third-order valence-corrected chi connectivity index (χ3v) is 3.66. The third-order valence-electron chi connectivity index (χ3n) is 2.57. The average molecular weight is 279 g/mol. The average Bonchev–Trinajstić information content (AvgIpc) is 2.34. The van der Waals surface area contributed by atoms with E-state index in [1.54, 1.807) is 0 Å². The minimum atomic E-state index is -3.70. The van der Waals surface area contributed by atoms with E-state index < -0.39 is 16.1 Å². The molecule has 104 valence electrons. The molecule has 0 bridgehead atoms. The largest absolute Gasteiger partial charge is 0.346 e. The van der Waals surface area contributed by atoms with Gasteiger partial charge in [0.15, 0.2) is 0 Å². The minimum Gasteiger partial charge on any atom is -0.346 e. The molecule has 0 atom stereocenters. The molecule has 0 unspecified atom stereocenters. The normalized spacial score (nSPS) is 17.6. The van der Waals surface area contributed by atoms with Crippen molar-refractivity contribution in [1.82, 2.24) is 14.5 Å². The Hall–Kier alpha value is -1.23. The molecular weight excluding hydrogens is 262 g/mol. The van der Waals surface area contributed by atoms with Crippen molar-refractivity contribution in [2.45, 2.75) is 0 Å². The fourth-order valence-electron chi connectivity index (χ4n) is 1.55. The molecule has 9 nitrogen and oxygen atoms in total. The molecule has 0 radical (unpaired) electrons. The molecule has 10 heteroatoms. The summed E-state index contributed by atoms with van der Waals surface area (Å²) in [5, 5.41) is 7.33. The van der Waals surface area contributed by atoms with Gasteiger partial charge in [0.1, 0.15) is 0 Å². The monoisotopic (exact) mass is 279 g/mol. The van der Waals surface area contributed by atoms with Crippen LogP contribution in [0.2, 0.25) is 0 Å². The number of nitrogens with zero attached hydrogens (tertiary/aromatic N) is 2. The highest BCUT2D eigenvalue weighted by Crippen LogP contribution is 2.04. The standard InChI is InChI=1S/C8H17N5O4S/c9-5-7(14)11-6-8(15)12-1-3-13(4-2-12)18(10,16)17/h1-6,9H2,(H,11,14)(H2,10,16,17). The quantitative estimate of drug-likeness (QED) is 0.488. The lowest BCUT2D eigenvalue weighted by Gasteiger charge is -2.32. The number of nitrogens with one attached hydrogen (secondary N) is 1. The van der Waals surface area contributed by atoms with Gasteiger partial charge >= 0.3 is 0 Å². The summed E-state index contributed by atoms with van der Waals surface area (Å²) in [6.45, 7) is 0.532. The Morgan fingerprint density at radius 1 is 1.17 bits per heavy atom. The molecule has 1 aliphatic heterocycles. The second kappa shape index (κ2) is 6.09. The van der Waals surface area contributed by atoms with Crippen LogP contribution >= 0.6 is 0 Å². The highest BCUT2D eigenvalue weighted by molar-refractivity contribution is 7.86. The first-order valence-corrected chi connectivity index (χ1v) is 6.87. The third kappa shape index (κ3) is 4.22. The van der Waals surface area contributed by atoms with Crippen LogP contribution in [0.4, 0.5) is 0 Å². The summed E-state index contributed by atoms with van der Waals surface area (Å²) in [6, 6.07) is 0. The van der Waals surface area contributed by atoms with Crippen LogP contribution in [0.5, 0.6) is 0 Å². The number of hydrogen-bond donors (Lipinski definition) is 3. The maximum absolute atomic E-state index is 11.6. The van der Waals surface area contributed by atoms with Crippen molar-refractivity contribution in [3.63, 3.8) is 0 Å². The summed E-state index contributed by atoms with van der Waals surface area (Å²) in [6.07, 6.45) is 0. The highest BCUT2D eigenvalue weighted by Gasteiger charge is 2.26. The number of piperazine rings is 1. The van der Waals surface area contributed by atoms with Crippen molar-refractivity contribution in [2.75, 3.05) is 39.3 Å². The number of amides is 2. The Morgan fingerprint density at radius 2 is 1.72 bits per heavy atom. The topological polar surface area (TPSA) is 139 Å². The van der Waals surface area contributed by atoms with Gasteiger partial charge < -0.3 is 16.0 Å². The molecule has 0 aliphatic carbocycles. The van der Waals surface area contributed by atoms with Gasteiger partial charge in [0.25, 0.3) is 10.2 Å². The van der Waals surface area contributed by atoms with Crippen molar-refractivity contribution in [3.8, 4) is 0 Å². The van der Waals surface area contributed by atoms with Crippen molar-refractivity contribution in [3.05, 3.63) is 0 Å². The molecule has 2 amide bonds. The van der Waals surface area contributed by atoms with Crippen LogP contribution in [0, 0.1) is 0 Å². The lowest BCUT2D eigenvalue weighted by Crippen LogP contribution is -2.54. The molecule has 5 N–H and O–H groups in total. The molecule has 1 rings (SSSR count). The first-order chi connectivity index (χ1) is 8.34. The van der Waals surface area contributed by atoms with E-state index >= 15 is 0 Å². The van der Waals surface area contributed by atoms with Gasteiger partial charge in [0.05, 0.1) is 13.1 Å². The van der Waals surface area contributed by atoms with Crippen LogP contribution in [-0.2, 0) is 19.8 Å². The van der Waals surface area contributed by atoms with E-state index in [0.29, 0.717) is 0 Å². The molecule has 0 aromatic heterocycles. The number of carbonyl (C=O) groups is 2. The van der Waals surface area contributed by atoms with E-state index in [9.17, 15) is 18.0 Å². The summed E-state index contributed by atoms with van der Waals surface area (Å²) < 4.78 is 23.2. The van der Waals surface area contributed by atoms with Gasteiger partial charge in [0.2, 0.25) is 11.8 Å². The highest BCUT2D eigenvalue weighted by atomic mass is 32.2. The van der Waals surface area contributed by atoms with Crippen LogP contribution in [-0.4, -0.2) is 68.7 Å². The number of rotatable bonds is 4. The number of carbonyl (C=O) groups excluding carboxylic acids is 2. The maximum atomic E-state index is 11.6. The van der Waals surface area contributed by atoms with E-state index in [-0.39, 0.29) is 45.2 Å². The summed E-state index contributed by atoms with van der Waals surface area (Å²) in [7, 11) is -3.70. The van der Waals surface area contributed by atoms with Crippen LogP contribution in [0.3, 0.4) is 0 Å². The molecule has 0 aromatic rings. The SMILES string of the molecule is NCC(=O)NCC(=O)N1CCN(S(N)(=O)=O)CC1. The van der Waals surface area contributed by atoms with Crippen molar-refractivity contribution >= 4 is 22.0 Å². The zero-order chi connectivity index (χ0) is 13.8. The molecular formula is C8H17N5O4S.